The van der Waals surface area contributed by atoms with Gasteiger partial charge in [-0.25, -0.2) is 17.9 Å². The number of sulfonamides is 1. The lowest BCUT2D eigenvalue weighted by atomic mass is 9.87. The molecule has 0 bridgehead atoms. The first kappa shape index (κ1) is 27.4. The number of alkyl halides is 3. The van der Waals surface area contributed by atoms with Crippen LogP contribution in [-0.4, -0.2) is 24.4 Å². The molecule has 4 aromatic rings. The van der Waals surface area contributed by atoms with Crippen molar-refractivity contribution in [3.8, 4) is 11.1 Å². The molecule has 5 rings (SSSR count). The van der Waals surface area contributed by atoms with Crippen LogP contribution in [0.3, 0.4) is 0 Å². The Morgan fingerprint density at radius 3 is 2.20 bits per heavy atom. The van der Waals surface area contributed by atoms with Gasteiger partial charge in [-0.1, -0.05) is 36.4 Å². The molecule has 12 heteroatoms. The van der Waals surface area contributed by atoms with E-state index in [0.717, 1.165) is 36.5 Å². The van der Waals surface area contributed by atoms with Crippen molar-refractivity contribution < 1.29 is 35.9 Å². The van der Waals surface area contributed by atoms with Crippen molar-refractivity contribution in [1.29, 1.82) is 0 Å². The third kappa shape index (κ3) is 4.63. The Hall–Kier alpha value is -4.13. The van der Waals surface area contributed by atoms with Crippen LogP contribution < -0.4 is 10.0 Å². The maximum atomic E-state index is 14.3. The molecule has 2 unspecified atom stereocenters. The molecule has 3 aromatic carbocycles. The van der Waals surface area contributed by atoms with Gasteiger partial charge in [0.1, 0.15) is 11.5 Å². The molecule has 0 fully saturated rings. The van der Waals surface area contributed by atoms with Crippen LogP contribution in [0.4, 0.5) is 23.2 Å². The number of nitrogens with two attached hydrogens (primary N) is 1. The van der Waals surface area contributed by atoms with Crippen molar-refractivity contribution >= 4 is 21.6 Å². The number of aliphatic hydroxyl groups is 1. The number of aromatic nitrogens is 1. The minimum atomic E-state index is -4.59. The van der Waals surface area contributed by atoms with Crippen molar-refractivity contribution in [2.75, 3.05) is 4.90 Å². The van der Waals surface area contributed by atoms with E-state index in [-0.39, 0.29) is 21.7 Å². The lowest BCUT2D eigenvalue weighted by Crippen LogP contribution is -2.42. The Kier molecular flexibility index (Phi) is 6.52. The number of halogens is 4. The second-order valence-corrected chi connectivity index (χ2v) is 10.9. The minimum absolute atomic E-state index is 0.0138. The van der Waals surface area contributed by atoms with Crippen molar-refractivity contribution in [3.63, 3.8) is 0 Å². The Bertz CT molecular complexity index is 1730. The summed E-state index contributed by atoms with van der Waals surface area (Å²) in [5, 5.41) is 16.9. The number of benzene rings is 3. The number of nitrogens with zero attached hydrogens (tertiary/aromatic N) is 2. The number of carbonyl (C=O) groups excluding carboxylic acids is 1. The normalized spacial score (nSPS) is 18.1. The zero-order chi connectivity index (χ0) is 29.0. The summed E-state index contributed by atoms with van der Waals surface area (Å²) >= 11 is 0. The second kappa shape index (κ2) is 9.51. The molecule has 0 saturated carbocycles. The van der Waals surface area contributed by atoms with Crippen LogP contribution in [0.2, 0.25) is 0 Å². The highest BCUT2D eigenvalue weighted by Crippen LogP contribution is 2.48. The molecule has 0 aliphatic carbocycles. The average molecular weight is 572 g/mol. The number of anilines is 1. The van der Waals surface area contributed by atoms with E-state index in [2.05, 4.69) is 4.98 Å². The van der Waals surface area contributed by atoms with Gasteiger partial charge in [0.2, 0.25) is 10.0 Å². The fourth-order valence-corrected chi connectivity index (χ4v) is 5.34. The summed E-state index contributed by atoms with van der Waals surface area (Å²) in [5.41, 5.74) is -1.74. The molecule has 0 radical (unpaired) electrons. The zero-order valence-electron chi connectivity index (χ0n) is 20.7. The number of primary sulfonamides is 1. The predicted molar refractivity (Wildman–Crippen MR) is 138 cm³/mol. The van der Waals surface area contributed by atoms with Gasteiger partial charge in [0, 0.05) is 11.8 Å². The van der Waals surface area contributed by atoms with Crippen LogP contribution in [-0.2, 0) is 26.6 Å². The van der Waals surface area contributed by atoms with E-state index < -0.39 is 45.3 Å². The van der Waals surface area contributed by atoms with Crippen molar-refractivity contribution in [2.45, 2.75) is 29.6 Å². The Morgan fingerprint density at radius 2 is 1.60 bits per heavy atom. The molecule has 0 saturated heterocycles. The molecule has 40 heavy (non-hydrogen) atoms. The van der Waals surface area contributed by atoms with Gasteiger partial charge < -0.3 is 10.0 Å². The van der Waals surface area contributed by atoms with Crippen molar-refractivity contribution in [3.05, 3.63) is 113 Å². The first-order valence-corrected chi connectivity index (χ1v) is 13.4. The molecular weight excluding hydrogens is 550 g/mol. The summed E-state index contributed by atoms with van der Waals surface area (Å²) in [4.78, 5) is 18.2. The van der Waals surface area contributed by atoms with E-state index >= 15 is 0 Å². The first-order chi connectivity index (χ1) is 18.7. The molecule has 7 nitrogen and oxygen atoms in total. The maximum absolute atomic E-state index is 14.3. The summed E-state index contributed by atoms with van der Waals surface area (Å²) in [6.07, 6.45) is -3.52. The van der Waals surface area contributed by atoms with E-state index in [1.54, 1.807) is 31.2 Å². The first-order valence-electron chi connectivity index (χ1n) is 11.8. The third-order valence-corrected chi connectivity index (χ3v) is 7.83. The molecule has 206 valence electrons. The molecule has 3 N–H and O–H groups in total. The number of hydrogen-bond donors (Lipinski definition) is 2. The summed E-state index contributed by atoms with van der Waals surface area (Å²) in [5.74, 6) is -1.49. The van der Waals surface area contributed by atoms with Crippen LogP contribution in [0.25, 0.3) is 11.1 Å². The predicted octanol–water partition coefficient (Wildman–Crippen LogP) is 4.90. The summed E-state index contributed by atoms with van der Waals surface area (Å²) in [6.45, 7) is 1.68. The van der Waals surface area contributed by atoms with Gasteiger partial charge in [-0.15, -0.1) is 0 Å². The fraction of sp³-hybridized carbons (Fsp3) is 0.143. The minimum Gasteiger partial charge on any atom is -0.372 e. The Labute approximate surface area is 226 Å². The SMILES string of the molecule is CC(c1ccc(-c2ccnc(C(F)(F)F)c2)cc1)N1C(=O)C(O)(c2ccc(S(N)(=O)=O)cc2)c2cc(F)ccc21. The summed E-state index contributed by atoms with van der Waals surface area (Å²) in [6, 6.07) is 16.5. The average Bonchev–Trinajstić information content (AvgIpc) is 3.14. The van der Waals surface area contributed by atoms with Gasteiger partial charge in [0.15, 0.2) is 5.60 Å². The topological polar surface area (TPSA) is 114 Å². The number of pyridine rings is 1. The molecule has 1 aromatic heterocycles. The lowest BCUT2D eigenvalue weighted by Gasteiger charge is -2.28. The quantitative estimate of drug-likeness (QED) is 0.331. The fourth-order valence-electron chi connectivity index (χ4n) is 4.82. The van der Waals surface area contributed by atoms with Gasteiger partial charge in [-0.3, -0.25) is 9.78 Å². The van der Waals surface area contributed by atoms with Crippen LogP contribution in [0.5, 0.6) is 0 Å². The number of hydrogen-bond acceptors (Lipinski definition) is 5. The molecular formula is C28H21F4N3O4S. The summed E-state index contributed by atoms with van der Waals surface area (Å²) in [7, 11) is -4.03. The molecule has 0 spiro atoms. The van der Waals surface area contributed by atoms with Crippen LogP contribution in [0, 0.1) is 5.82 Å². The number of carbonyl (C=O) groups is 1. The lowest BCUT2D eigenvalue weighted by molar-refractivity contribution is -0.141. The Balaban J connectivity index is 1.52. The highest BCUT2D eigenvalue weighted by Gasteiger charge is 2.52. The third-order valence-electron chi connectivity index (χ3n) is 6.90. The molecule has 2 atom stereocenters. The maximum Gasteiger partial charge on any atom is 0.433 e. The van der Waals surface area contributed by atoms with E-state index in [4.69, 9.17) is 5.14 Å². The van der Waals surface area contributed by atoms with Gasteiger partial charge in [0.25, 0.3) is 5.91 Å². The smallest absolute Gasteiger partial charge is 0.372 e. The highest BCUT2D eigenvalue weighted by molar-refractivity contribution is 7.89. The van der Waals surface area contributed by atoms with E-state index in [0.29, 0.717) is 16.7 Å². The number of fused-ring (bicyclic) bond motifs is 1. The van der Waals surface area contributed by atoms with Gasteiger partial charge in [-0.2, -0.15) is 13.2 Å². The summed E-state index contributed by atoms with van der Waals surface area (Å²) < 4.78 is 76.9. The van der Waals surface area contributed by atoms with Gasteiger partial charge in [0.05, 0.1) is 16.6 Å². The monoisotopic (exact) mass is 571 g/mol. The van der Waals surface area contributed by atoms with Crippen LogP contribution >= 0.6 is 0 Å². The van der Waals surface area contributed by atoms with Crippen LogP contribution in [0.1, 0.15) is 35.3 Å². The molecule has 1 aliphatic rings. The molecule has 1 aliphatic heterocycles. The van der Waals surface area contributed by atoms with Gasteiger partial charge >= 0.3 is 6.18 Å². The van der Waals surface area contributed by atoms with Gasteiger partial charge in [-0.05, 0) is 71.6 Å². The molecule has 2 heterocycles. The van der Waals surface area contributed by atoms with Crippen LogP contribution in [0.15, 0.2) is 90.0 Å². The molecule has 1 amide bonds. The number of rotatable bonds is 5. The largest absolute Gasteiger partial charge is 0.433 e. The van der Waals surface area contributed by atoms with Crippen molar-refractivity contribution in [1.82, 2.24) is 4.98 Å². The van der Waals surface area contributed by atoms with E-state index in [1.807, 2.05) is 0 Å². The second-order valence-electron chi connectivity index (χ2n) is 9.34. The number of amides is 1. The zero-order valence-corrected chi connectivity index (χ0v) is 21.5. The highest BCUT2D eigenvalue weighted by atomic mass is 32.2. The Morgan fingerprint density at radius 1 is 0.950 bits per heavy atom. The van der Waals surface area contributed by atoms with E-state index in [9.17, 15) is 35.9 Å². The van der Waals surface area contributed by atoms with E-state index in [1.165, 1.54) is 29.2 Å². The van der Waals surface area contributed by atoms with Crippen molar-refractivity contribution in [2.24, 2.45) is 5.14 Å². The standard InChI is InChI=1S/C28H21F4N3O4S/c1-16(17-2-4-18(5-3-17)19-12-13-34-25(14-19)28(30,31)32)35-24-11-8-21(29)15-23(24)27(37,26(35)36)20-6-9-22(10-7-20)40(33,38)39/h2-16,37H,1H3,(H2,33,38,39).